The maximum atomic E-state index is 12.8. The summed E-state index contributed by atoms with van der Waals surface area (Å²) >= 11 is 0. The van der Waals surface area contributed by atoms with Crippen LogP contribution >= 0.6 is 0 Å². The highest BCUT2D eigenvalue weighted by molar-refractivity contribution is 6.23. The minimum absolute atomic E-state index is 0.00604. The molecule has 0 unspecified atom stereocenters. The molecule has 0 fully saturated rings. The van der Waals surface area contributed by atoms with Crippen molar-refractivity contribution < 1.29 is 19.2 Å². The van der Waals surface area contributed by atoms with E-state index in [1.165, 1.54) is 4.90 Å². The number of imide groups is 1. The van der Waals surface area contributed by atoms with Crippen LogP contribution in [0.15, 0.2) is 42.5 Å². The fraction of sp³-hybridized carbons (Fsp3) is 0.200. The Hall–Kier alpha value is -3.28. The van der Waals surface area contributed by atoms with Gasteiger partial charge in [0.25, 0.3) is 11.8 Å². The summed E-state index contributed by atoms with van der Waals surface area (Å²) in [5.74, 6) is -1.31. The molecule has 0 aromatic heterocycles. The molecule has 2 heterocycles. The van der Waals surface area contributed by atoms with Gasteiger partial charge in [-0.05, 0) is 31.2 Å². The number of Topliss-reactive ketones (excluding diaryl/α,β-unsaturated/α-hetero) is 1. The molecule has 130 valence electrons. The van der Waals surface area contributed by atoms with Crippen LogP contribution in [-0.2, 0) is 4.79 Å². The van der Waals surface area contributed by atoms with Crippen molar-refractivity contribution in [2.24, 2.45) is 0 Å². The highest BCUT2D eigenvalue weighted by Gasteiger charge is 2.38. The van der Waals surface area contributed by atoms with Crippen LogP contribution in [0.2, 0.25) is 0 Å². The van der Waals surface area contributed by atoms with E-state index in [1.807, 2.05) is 13.0 Å². The molecular formula is C20H16N2O4. The summed E-state index contributed by atoms with van der Waals surface area (Å²) in [6.07, 6.45) is 0.226. The number of ketones is 1. The summed E-state index contributed by atoms with van der Waals surface area (Å²) in [6, 6.07) is 11.9. The molecule has 0 atom stereocenters. The van der Waals surface area contributed by atoms with E-state index >= 15 is 0 Å². The second-order valence-corrected chi connectivity index (χ2v) is 6.48. The van der Waals surface area contributed by atoms with Gasteiger partial charge in [0.05, 0.1) is 16.8 Å². The predicted molar refractivity (Wildman–Crippen MR) is 94.3 cm³/mol. The third-order valence-corrected chi connectivity index (χ3v) is 4.78. The zero-order valence-corrected chi connectivity index (χ0v) is 14.2. The number of hydrogen-bond acceptors (Lipinski definition) is 4. The number of nitrogens with zero attached hydrogens (tertiary/aromatic N) is 2. The molecule has 0 saturated carbocycles. The summed E-state index contributed by atoms with van der Waals surface area (Å²) in [5.41, 5.74) is 2.61. The molecule has 0 spiro atoms. The molecule has 3 amide bonds. The molecule has 0 saturated heterocycles. The fourth-order valence-corrected chi connectivity index (χ4v) is 3.44. The molecular weight excluding hydrogens is 332 g/mol. The second-order valence-electron chi connectivity index (χ2n) is 6.48. The maximum Gasteiger partial charge on any atom is 0.262 e. The zero-order chi connectivity index (χ0) is 18.4. The summed E-state index contributed by atoms with van der Waals surface area (Å²) in [5, 5.41) is 0. The van der Waals surface area contributed by atoms with Crippen molar-refractivity contribution in [2.75, 3.05) is 18.0 Å². The summed E-state index contributed by atoms with van der Waals surface area (Å²) in [7, 11) is 0. The van der Waals surface area contributed by atoms with Crippen molar-refractivity contribution in [3.8, 4) is 0 Å². The van der Waals surface area contributed by atoms with E-state index in [0.717, 1.165) is 10.5 Å². The first-order valence-corrected chi connectivity index (χ1v) is 8.37. The molecule has 0 bridgehead atoms. The van der Waals surface area contributed by atoms with Gasteiger partial charge in [-0.3, -0.25) is 24.1 Å². The van der Waals surface area contributed by atoms with Crippen molar-refractivity contribution in [3.63, 3.8) is 0 Å². The van der Waals surface area contributed by atoms with E-state index in [-0.39, 0.29) is 31.2 Å². The van der Waals surface area contributed by atoms with E-state index in [1.54, 1.807) is 36.4 Å². The number of amides is 3. The number of fused-ring (bicyclic) bond motifs is 2. The topological polar surface area (TPSA) is 74.8 Å². The number of rotatable bonds is 2. The predicted octanol–water partition coefficient (Wildman–Crippen LogP) is 2.21. The minimum Gasteiger partial charge on any atom is -0.310 e. The number of benzene rings is 2. The van der Waals surface area contributed by atoms with Gasteiger partial charge < -0.3 is 4.90 Å². The normalized spacial score (nSPS) is 16.0. The van der Waals surface area contributed by atoms with Gasteiger partial charge in [0.1, 0.15) is 6.54 Å². The molecule has 6 nitrogen and oxygen atoms in total. The number of carbonyl (C=O) groups is 4. The quantitative estimate of drug-likeness (QED) is 0.780. The van der Waals surface area contributed by atoms with Gasteiger partial charge in [-0.2, -0.15) is 0 Å². The fourth-order valence-electron chi connectivity index (χ4n) is 3.44. The van der Waals surface area contributed by atoms with E-state index in [2.05, 4.69) is 0 Å². The third-order valence-electron chi connectivity index (χ3n) is 4.78. The minimum atomic E-state index is -0.462. The molecule has 2 aliphatic rings. The largest absolute Gasteiger partial charge is 0.310 e. The Bertz CT molecular complexity index is 945. The van der Waals surface area contributed by atoms with Gasteiger partial charge in [-0.15, -0.1) is 0 Å². The smallest absolute Gasteiger partial charge is 0.262 e. The maximum absolute atomic E-state index is 12.8. The van der Waals surface area contributed by atoms with Crippen molar-refractivity contribution in [3.05, 3.63) is 64.7 Å². The molecule has 0 aliphatic carbocycles. The average molecular weight is 348 g/mol. The highest BCUT2D eigenvalue weighted by Crippen LogP contribution is 2.29. The van der Waals surface area contributed by atoms with Gasteiger partial charge in [-0.1, -0.05) is 23.8 Å². The first-order valence-electron chi connectivity index (χ1n) is 8.37. The molecule has 4 rings (SSSR count). The Kier molecular flexibility index (Phi) is 3.68. The summed E-state index contributed by atoms with van der Waals surface area (Å²) in [6.45, 7) is 1.79. The lowest BCUT2D eigenvalue weighted by molar-refractivity contribution is -0.119. The van der Waals surface area contributed by atoms with E-state index < -0.39 is 11.8 Å². The van der Waals surface area contributed by atoms with Crippen LogP contribution in [0.4, 0.5) is 5.69 Å². The number of anilines is 1. The molecule has 0 radical (unpaired) electrons. The van der Waals surface area contributed by atoms with Crippen molar-refractivity contribution >= 4 is 29.2 Å². The number of aryl methyl sites for hydroxylation is 1. The summed E-state index contributed by atoms with van der Waals surface area (Å²) in [4.78, 5) is 52.3. The van der Waals surface area contributed by atoms with Gasteiger partial charge in [0, 0.05) is 18.5 Å². The lowest BCUT2D eigenvalue weighted by Gasteiger charge is -2.30. The van der Waals surface area contributed by atoms with Crippen molar-refractivity contribution in [1.29, 1.82) is 0 Å². The Morgan fingerprint density at radius 3 is 2.27 bits per heavy atom. The van der Waals surface area contributed by atoms with E-state index in [4.69, 9.17) is 0 Å². The monoisotopic (exact) mass is 348 g/mol. The first kappa shape index (κ1) is 16.2. The van der Waals surface area contributed by atoms with Crippen molar-refractivity contribution in [2.45, 2.75) is 13.3 Å². The van der Waals surface area contributed by atoms with E-state index in [0.29, 0.717) is 22.4 Å². The van der Waals surface area contributed by atoms with Crippen LogP contribution in [0, 0.1) is 6.92 Å². The lowest BCUT2D eigenvalue weighted by atomic mass is 9.98. The standard InChI is InChI=1S/C20H16N2O4/c1-12-6-7-16-15(10-12)17(23)8-9-21(16)18(24)11-22-19(25)13-4-2-3-5-14(13)20(22)26/h2-7,10H,8-9,11H2,1H3. The van der Waals surface area contributed by atoms with Gasteiger partial charge >= 0.3 is 0 Å². The number of hydrogen-bond donors (Lipinski definition) is 0. The Labute approximate surface area is 150 Å². The molecule has 2 aromatic rings. The van der Waals surface area contributed by atoms with Crippen LogP contribution in [0.5, 0.6) is 0 Å². The van der Waals surface area contributed by atoms with Crippen LogP contribution in [0.3, 0.4) is 0 Å². The zero-order valence-electron chi connectivity index (χ0n) is 14.2. The van der Waals surface area contributed by atoms with Gasteiger partial charge in [0.2, 0.25) is 5.91 Å². The van der Waals surface area contributed by atoms with Gasteiger partial charge in [0.15, 0.2) is 5.78 Å². The Balaban J connectivity index is 1.61. The lowest BCUT2D eigenvalue weighted by Crippen LogP contribution is -2.45. The Morgan fingerprint density at radius 1 is 0.962 bits per heavy atom. The van der Waals surface area contributed by atoms with Crippen molar-refractivity contribution in [1.82, 2.24) is 4.90 Å². The van der Waals surface area contributed by atoms with Crippen LogP contribution in [0.25, 0.3) is 0 Å². The first-order chi connectivity index (χ1) is 12.5. The third kappa shape index (κ3) is 2.42. The Morgan fingerprint density at radius 2 is 1.62 bits per heavy atom. The molecule has 2 aliphatic heterocycles. The number of carbonyl (C=O) groups excluding carboxylic acids is 4. The molecule has 2 aromatic carbocycles. The molecule has 0 N–H and O–H groups in total. The summed E-state index contributed by atoms with van der Waals surface area (Å²) < 4.78 is 0. The van der Waals surface area contributed by atoms with Crippen LogP contribution in [-0.4, -0.2) is 41.5 Å². The SMILES string of the molecule is Cc1ccc2c(c1)C(=O)CCN2C(=O)CN1C(=O)c2ccccc2C1=O. The van der Waals surface area contributed by atoms with Gasteiger partial charge in [-0.25, -0.2) is 0 Å². The average Bonchev–Trinajstić information content (AvgIpc) is 2.88. The van der Waals surface area contributed by atoms with Crippen LogP contribution < -0.4 is 4.90 Å². The molecule has 6 heteroatoms. The highest BCUT2D eigenvalue weighted by atomic mass is 16.2. The van der Waals surface area contributed by atoms with E-state index in [9.17, 15) is 19.2 Å². The van der Waals surface area contributed by atoms with Crippen LogP contribution in [0.1, 0.15) is 43.1 Å². The second kappa shape index (κ2) is 5.91. The molecule has 26 heavy (non-hydrogen) atoms.